The molecule has 1 atom stereocenters. The van der Waals surface area contributed by atoms with Crippen LogP contribution in [0, 0.1) is 0 Å². The Morgan fingerprint density at radius 1 is 0.284 bits per heavy atom. The molecule has 0 N–H and O–H groups in total. The van der Waals surface area contributed by atoms with Crippen LogP contribution in [0.2, 0.25) is 0 Å². The van der Waals surface area contributed by atoms with Crippen LogP contribution in [0.25, 0.3) is 0 Å². The van der Waals surface area contributed by atoms with E-state index in [-0.39, 0.29) is 44.0 Å². The predicted molar refractivity (Wildman–Crippen MR) is 320 cm³/mol. The quantitative estimate of drug-likeness (QED) is 0.0261. The third kappa shape index (κ3) is 57.9. The average Bonchev–Trinajstić information content (AvgIpc) is 3.40. The van der Waals surface area contributed by atoms with Gasteiger partial charge in [-0.3, -0.25) is 14.4 Å². The lowest BCUT2D eigenvalue weighted by atomic mass is 10.1. The van der Waals surface area contributed by atoms with E-state index in [9.17, 15) is 14.4 Å². The fourth-order valence-corrected chi connectivity index (χ4v) is 7.37. The van der Waals surface area contributed by atoms with Gasteiger partial charge in [0.15, 0.2) is 6.10 Å². The summed E-state index contributed by atoms with van der Waals surface area (Å²) in [5.41, 5.74) is 0. The van der Waals surface area contributed by atoms with Gasteiger partial charge < -0.3 is 14.2 Å². The van der Waals surface area contributed by atoms with E-state index in [4.69, 9.17) is 14.2 Å². The molecule has 0 aliphatic rings. The van der Waals surface area contributed by atoms with Crippen LogP contribution in [-0.4, -0.2) is 37.2 Å². The van der Waals surface area contributed by atoms with E-state index < -0.39 is 6.10 Å². The Morgan fingerprint density at radius 3 is 0.851 bits per heavy atom. The summed E-state index contributed by atoms with van der Waals surface area (Å²) in [6.45, 7) is 6.29. The largest absolute Gasteiger partial charge is 0.462 e. The van der Waals surface area contributed by atoms with Crippen molar-refractivity contribution in [1.29, 1.82) is 0 Å². The van der Waals surface area contributed by atoms with Crippen LogP contribution in [0.3, 0.4) is 0 Å². The summed E-state index contributed by atoms with van der Waals surface area (Å²) in [5.74, 6) is -0.997. The lowest BCUT2D eigenvalue weighted by Crippen LogP contribution is -2.30. The molecule has 0 aliphatic carbocycles. The molecule has 0 heterocycles. The van der Waals surface area contributed by atoms with Crippen molar-refractivity contribution in [3.8, 4) is 0 Å². The van der Waals surface area contributed by atoms with Crippen LogP contribution in [0.4, 0.5) is 0 Å². The first-order chi connectivity index (χ1) is 36.5. The first-order valence-corrected chi connectivity index (χ1v) is 29.5. The van der Waals surface area contributed by atoms with Gasteiger partial charge in [0, 0.05) is 19.3 Å². The van der Waals surface area contributed by atoms with Gasteiger partial charge in [-0.15, -0.1) is 0 Å². The van der Waals surface area contributed by atoms with Crippen molar-refractivity contribution in [2.24, 2.45) is 0 Å². The molecule has 0 aromatic rings. The van der Waals surface area contributed by atoms with Crippen molar-refractivity contribution < 1.29 is 28.6 Å². The highest BCUT2D eigenvalue weighted by atomic mass is 16.6. The minimum Gasteiger partial charge on any atom is -0.462 e. The Morgan fingerprint density at radius 2 is 0.527 bits per heavy atom. The molecule has 0 fully saturated rings. The number of hydrogen-bond donors (Lipinski definition) is 0. The standard InChI is InChI=1S/C68H106O6/c1-4-7-10-13-16-19-22-25-28-29-30-31-32-33-34-35-36-37-38-39-41-43-46-49-52-55-58-61-67(70)73-64-65(63-72-66(69)60-57-54-51-48-45-42-27-24-21-18-15-12-9-6-3)74-68(71)62-59-56-53-50-47-44-40-26-23-20-17-14-11-8-5-2/h7-8,10-11,15-20,24-28,30-31,33-34,36-37,39-41,46,49,65H,4-6,9,12-14,21-23,29,32,35,38,42-45,47-48,50-64H2,1-3H3/b10-7-,11-8-,18-15-,19-16-,20-17-,27-24-,28-25-,31-30-,34-33-,37-36-,40-26-,41-39-,49-46-. The normalized spacial score (nSPS) is 13.3. The van der Waals surface area contributed by atoms with Crippen LogP contribution in [0.1, 0.15) is 233 Å². The van der Waals surface area contributed by atoms with Crippen molar-refractivity contribution in [2.45, 2.75) is 239 Å². The lowest BCUT2D eigenvalue weighted by Gasteiger charge is -2.18. The van der Waals surface area contributed by atoms with Crippen molar-refractivity contribution in [2.75, 3.05) is 13.2 Å². The topological polar surface area (TPSA) is 78.9 Å². The highest BCUT2D eigenvalue weighted by molar-refractivity contribution is 5.71. The monoisotopic (exact) mass is 1020 g/mol. The lowest BCUT2D eigenvalue weighted by molar-refractivity contribution is -0.167. The number of carbonyl (C=O) groups excluding carboxylic acids is 3. The summed E-state index contributed by atoms with van der Waals surface area (Å²) in [5, 5.41) is 0. The van der Waals surface area contributed by atoms with Gasteiger partial charge in [-0.25, -0.2) is 0 Å². The number of hydrogen-bond acceptors (Lipinski definition) is 6. The Balaban J connectivity index is 4.48. The summed E-state index contributed by atoms with van der Waals surface area (Å²) in [6.07, 6.45) is 88.1. The van der Waals surface area contributed by atoms with Crippen LogP contribution < -0.4 is 0 Å². The SMILES string of the molecule is CC/C=C\C/C=C\C/C=C\C/C=C\C/C=C\C/C=C\C/C=C\C/C=C\CCCCC(=O)OCC(COC(=O)CCCCCCC/C=C\C/C=C\CCCC)OC(=O)CCCCCCC/C=C\C/C=C\C/C=C\CC. The number of ether oxygens (including phenoxy) is 3. The smallest absolute Gasteiger partial charge is 0.306 e. The van der Waals surface area contributed by atoms with Gasteiger partial charge in [0.2, 0.25) is 0 Å². The number of esters is 3. The highest BCUT2D eigenvalue weighted by Crippen LogP contribution is 2.13. The zero-order valence-corrected chi connectivity index (χ0v) is 47.3. The molecule has 6 heteroatoms. The van der Waals surface area contributed by atoms with Crippen molar-refractivity contribution >= 4 is 17.9 Å². The Bertz CT molecular complexity index is 1690. The van der Waals surface area contributed by atoms with E-state index in [1.54, 1.807) is 0 Å². The first kappa shape index (κ1) is 69.0. The molecule has 0 aromatic carbocycles. The zero-order chi connectivity index (χ0) is 53.6. The van der Waals surface area contributed by atoms with E-state index >= 15 is 0 Å². The molecular weight excluding hydrogens is 913 g/mol. The summed E-state index contributed by atoms with van der Waals surface area (Å²) in [4.78, 5) is 38.2. The molecule has 74 heavy (non-hydrogen) atoms. The van der Waals surface area contributed by atoms with Gasteiger partial charge in [0.25, 0.3) is 0 Å². The summed E-state index contributed by atoms with van der Waals surface area (Å²) in [6, 6.07) is 0. The third-order valence-corrected chi connectivity index (χ3v) is 11.7. The van der Waals surface area contributed by atoms with E-state index in [0.29, 0.717) is 12.8 Å². The Labute approximate surface area is 454 Å². The molecule has 414 valence electrons. The summed E-state index contributed by atoms with van der Waals surface area (Å²) < 4.78 is 16.8. The average molecular weight is 1020 g/mol. The molecule has 0 bridgehead atoms. The number of rotatable bonds is 51. The van der Waals surface area contributed by atoms with Gasteiger partial charge >= 0.3 is 17.9 Å². The highest BCUT2D eigenvalue weighted by Gasteiger charge is 2.19. The summed E-state index contributed by atoms with van der Waals surface area (Å²) in [7, 11) is 0. The van der Waals surface area contributed by atoms with Crippen LogP contribution in [0.15, 0.2) is 158 Å². The Hall–Kier alpha value is -4.97. The maximum Gasteiger partial charge on any atom is 0.306 e. The van der Waals surface area contributed by atoms with E-state index in [0.717, 1.165) is 167 Å². The molecule has 0 spiro atoms. The van der Waals surface area contributed by atoms with Crippen molar-refractivity contribution in [1.82, 2.24) is 0 Å². The molecule has 0 aromatic heterocycles. The van der Waals surface area contributed by atoms with Gasteiger partial charge in [0.1, 0.15) is 13.2 Å². The molecule has 0 radical (unpaired) electrons. The number of carbonyl (C=O) groups is 3. The molecule has 0 rings (SSSR count). The predicted octanol–water partition coefficient (Wildman–Crippen LogP) is 20.1. The van der Waals surface area contributed by atoms with Crippen LogP contribution >= 0.6 is 0 Å². The van der Waals surface area contributed by atoms with E-state index in [1.807, 2.05) is 0 Å². The Kier molecular flexibility index (Phi) is 56.5. The van der Waals surface area contributed by atoms with E-state index in [2.05, 4.69) is 179 Å². The molecular formula is C68H106O6. The van der Waals surface area contributed by atoms with Crippen molar-refractivity contribution in [3.05, 3.63) is 158 Å². The number of unbranched alkanes of at least 4 members (excludes halogenated alkanes) is 14. The van der Waals surface area contributed by atoms with Crippen molar-refractivity contribution in [3.63, 3.8) is 0 Å². The molecule has 0 saturated heterocycles. The maximum atomic E-state index is 12.8. The maximum absolute atomic E-state index is 12.8. The second-order valence-corrected chi connectivity index (χ2v) is 18.8. The van der Waals surface area contributed by atoms with Gasteiger partial charge in [-0.05, 0) is 141 Å². The van der Waals surface area contributed by atoms with Crippen LogP contribution in [-0.2, 0) is 28.6 Å². The summed E-state index contributed by atoms with van der Waals surface area (Å²) >= 11 is 0. The molecule has 0 saturated carbocycles. The zero-order valence-electron chi connectivity index (χ0n) is 47.3. The number of allylic oxidation sites excluding steroid dienone is 26. The molecule has 0 amide bonds. The fourth-order valence-electron chi connectivity index (χ4n) is 7.37. The minimum atomic E-state index is -0.819. The van der Waals surface area contributed by atoms with Gasteiger partial charge in [-0.2, -0.15) is 0 Å². The second-order valence-electron chi connectivity index (χ2n) is 18.8. The molecule has 6 nitrogen and oxygen atoms in total. The second kappa shape index (κ2) is 60.6. The first-order valence-electron chi connectivity index (χ1n) is 29.5. The fraction of sp³-hybridized carbons (Fsp3) is 0.574. The van der Waals surface area contributed by atoms with Gasteiger partial charge in [-0.1, -0.05) is 230 Å². The minimum absolute atomic E-state index is 0.113. The third-order valence-electron chi connectivity index (χ3n) is 11.7. The van der Waals surface area contributed by atoms with Crippen LogP contribution in [0.5, 0.6) is 0 Å². The molecule has 1 unspecified atom stereocenters. The molecule has 0 aliphatic heterocycles. The van der Waals surface area contributed by atoms with E-state index in [1.165, 1.54) is 19.3 Å². The van der Waals surface area contributed by atoms with Gasteiger partial charge in [0.05, 0.1) is 0 Å².